The van der Waals surface area contributed by atoms with Gasteiger partial charge in [-0.25, -0.2) is 0 Å². The van der Waals surface area contributed by atoms with Crippen molar-refractivity contribution in [1.29, 1.82) is 0 Å². The second-order valence-electron chi connectivity index (χ2n) is 3.52. The van der Waals surface area contributed by atoms with Gasteiger partial charge >= 0.3 is 0 Å². The van der Waals surface area contributed by atoms with Crippen molar-refractivity contribution >= 4 is 49.9 Å². The lowest BCUT2D eigenvalue weighted by molar-refractivity contribution is -0.115. The molecular formula is C11H9BrClN3OS. The Labute approximate surface area is 122 Å². The first-order chi connectivity index (χ1) is 8.56. The number of aromatic nitrogens is 2. The number of hydrogen-bond acceptors (Lipinski definition) is 4. The minimum absolute atomic E-state index is 0.282. The van der Waals surface area contributed by atoms with Gasteiger partial charge in [-0.1, -0.05) is 39.4 Å². The molecule has 2 rings (SSSR count). The van der Waals surface area contributed by atoms with Gasteiger partial charge in [-0.3, -0.25) is 10.1 Å². The number of alkyl halides is 1. The Kier molecular flexibility index (Phi) is 4.31. The zero-order valence-electron chi connectivity index (χ0n) is 9.35. The van der Waals surface area contributed by atoms with Crippen molar-refractivity contribution in [3.05, 3.63) is 28.7 Å². The van der Waals surface area contributed by atoms with Crippen LogP contribution >= 0.6 is 38.9 Å². The van der Waals surface area contributed by atoms with Crippen molar-refractivity contribution in [1.82, 2.24) is 10.2 Å². The Morgan fingerprint density at radius 1 is 1.39 bits per heavy atom. The highest BCUT2D eigenvalue weighted by Crippen LogP contribution is 2.27. The van der Waals surface area contributed by atoms with E-state index < -0.39 is 5.38 Å². The largest absolute Gasteiger partial charge is 0.299 e. The van der Waals surface area contributed by atoms with E-state index in [1.54, 1.807) is 6.92 Å². The van der Waals surface area contributed by atoms with Crippen LogP contribution in [0.5, 0.6) is 0 Å². The third kappa shape index (κ3) is 3.28. The highest BCUT2D eigenvalue weighted by Gasteiger charge is 2.13. The molecule has 4 nitrogen and oxygen atoms in total. The molecular weight excluding hydrogens is 338 g/mol. The quantitative estimate of drug-likeness (QED) is 0.865. The first-order valence-corrected chi connectivity index (χ1v) is 7.15. The van der Waals surface area contributed by atoms with Crippen LogP contribution in [-0.4, -0.2) is 21.5 Å². The number of hydrogen-bond donors (Lipinski definition) is 1. The van der Waals surface area contributed by atoms with E-state index >= 15 is 0 Å². The van der Waals surface area contributed by atoms with Crippen LogP contribution in [0.4, 0.5) is 5.13 Å². The molecule has 0 unspecified atom stereocenters. The van der Waals surface area contributed by atoms with E-state index in [-0.39, 0.29) is 5.91 Å². The SMILES string of the molecule is C[C@@H](Cl)C(=O)Nc1nnc(-c2ccc(Br)cc2)s1. The molecule has 18 heavy (non-hydrogen) atoms. The summed E-state index contributed by atoms with van der Waals surface area (Å²) in [6.45, 7) is 1.60. The van der Waals surface area contributed by atoms with Gasteiger partial charge in [-0.15, -0.1) is 21.8 Å². The predicted molar refractivity (Wildman–Crippen MR) is 77.0 cm³/mol. The molecule has 1 aromatic carbocycles. The standard InChI is InChI=1S/C11H9BrClN3OS/c1-6(13)9(17)14-11-16-15-10(18-11)7-2-4-8(12)5-3-7/h2-6H,1H3,(H,14,16,17)/t6-/m1/s1. The summed E-state index contributed by atoms with van der Waals surface area (Å²) in [5, 5.41) is 11.1. The molecule has 0 bridgehead atoms. The molecule has 1 amide bonds. The average Bonchev–Trinajstić information content (AvgIpc) is 2.78. The molecule has 1 aromatic heterocycles. The van der Waals surface area contributed by atoms with Crippen molar-refractivity contribution in [3.8, 4) is 10.6 Å². The normalized spacial score (nSPS) is 12.2. The summed E-state index contributed by atoms with van der Waals surface area (Å²) in [6.07, 6.45) is 0. The Balaban J connectivity index is 2.15. The van der Waals surface area contributed by atoms with Crippen LogP contribution in [0.15, 0.2) is 28.7 Å². The molecule has 1 atom stereocenters. The van der Waals surface area contributed by atoms with Crippen molar-refractivity contribution in [3.63, 3.8) is 0 Å². The molecule has 0 saturated heterocycles. The van der Waals surface area contributed by atoms with Crippen LogP contribution in [0, 0.1) is 0 Å². The van der Waals surface area contributed by atoms with Gasteiger partial charge in [-0.05, 0) is 19.1 Å². The lowest BCUT2D eigenvalue weighted by atomic mass is 10.2. The first kappa shape index (κ1) is 13.5. The number of benzene rings is 1. The minimum atomic E-state index is -0.593. The van der Waals surface area contributed by atoms with Crippen LogP contribution in [0.3, 0.4) is 0 Å². The van der Waals surface area contributed by atoms with Gasteiger partial charge < -0.3 is 0 Å². The molecule has 0 aliphatic rings. The van der Waals surface area contributed by atoms with Crippen molar-refractivity contribution in [2.75, 3.05) is 5.32 Å². The van der Waals surface area contributed by atoms with Crippen LogP contribution in [0.2, 0.25) is 0 Å². The van der Waals surface area contributed by atoms with Crippen molar-refractivity contribution < 1.29 is 4.79 Å². The lowest BCUT2D eigenvalue weighted by Crippen LogP contribution is -2.20. The van der Waals surface area contributed by atoms with Crippen LogP contribution in [0.25, 0.3) is 10.6 Å². The summed E-state index contributed by atoms with van der Waals surface area (Å²) < 4.78 is 1.00. The fraction of sp³-hybridized carbons (Fsp3) is 0.182. The van der Waals surface area contributed by atoms with Gasteiger partial charge in [0.05, 0.1) is 0 Å². The average molecular weight is 347 g/mol. The summed E-state index contributed by atoms with van der Waals surface area (Å²) in [6, 6.07) is 7.71. The molecule has 0 aliphatic carbocycles. The second kappa shape index (κ2) is 5.77. The second-order valence-corrected chi connectivity index (χ2v) is 6.07. The van der Waals surface area contributed by atoms with Gasteiger partial charge in [0.1, 0.15) is 10.4 Å². The van der Waals surface area contributed by atoms with Crippen LogP contribution in [0.1, 0.15) is 6.92 Å². The monoisotopic (exact) mass is 345 g/mol. The minimum Gasteiger partial charge on any atom is -0.299 e. The summed E-state index contributed by atoms with van der Waals surface area (Å²) in [4.78, 5) is 11.4. The maximum atomic E-state index is 11.4. The maximum absolute atomic E-state index is 11.4. The number of carbonyl (C=O) groups excluding carboxylic acids is 1. The van der Waals surface area contributed by atoms with Gasteiger partial charge in [0.25, 0.3) is 0 Å². The van der Waals surface area contributed by atoms with E-state index in [1.807, 2.05) is 24.3 Å². The van der Waals surface area contributed by atoms with Crippen LogP contribution in [-0.2, 0) is 4.79 Å². The fourth-order valence-corrected chi connectivity index (χ4v) is 2.26. The molecule has 0 saturated carbocycles. The van der Waals surface area contributed by atoms with Crippen molar-refractivity contribution in [2.45, 2.75) is 12.3 Å². The van der Waals surface area contributed by atoms with E-state index in [1.165, 1.54) is 11.3 Å². The molecule has 7 heteroatoms. The van der Waals surface area contributed by atoms with E-state index in [9.17, 15) is 4.79 Å². The smallest absolute Gasteiger partial charge is 0.243 e. The summed E-state index contributed by atoms with van der Waals surface area (Å²) in [5.74, 6) is -0.282. The molecule has 0 fully saturated rings. The first-order valence-electron chi connectivity index (χ1n) is 5.10. The molecule has 0 radical (unpaired) electrons. The Morgan fingerprint density at radius 2 is 2.06 bits per heavy atom. The maximum Gasteiger partial charge on any atom is 0.243 e. The zero-order valence-corrected chi connectivity index (χ0v) is 12.5. The van der Waals surface area contributed by atoms with E-state index in [2.05, 4.69) is 31.4 Å². The van der Waals surface area contributed by atoms with E-state index in [4.69, 9.17) is 11.6 Å². The summed E-state index contributed by atoms with van der Waals surface area (Å²) in [7, 11) is 0. The number of halogens is 2. The van der Waals surface area contributed by atoms with E-state index in [0.717, 1.165) is 15.0 Å². The van der Waals surface area contributed by atoms with Crippen LogP contribution < -0.4 is 5.32 Å². The number of nitrogens with zero attached hydrogens (tertiary/aromatic N) is 2. The van der Waals surface area contributed by atoms with E-state index in [0.29, 0.717) is 5.13 Å². The number of anilines is 1. The van der Waals surface area contributed by atoms with Gasteiger partial charge in [0, 0.05) is 10.0 Å². The number of rotatable bonds is 3. The molecule has 1 heterocycles. The molecule has 0 spiro atoms. The van der Waals surface area contributed by atoms with Gasteiger partial charge in [0.15, 0.2) is 0 Å². The molecule has 0 aliphatic heterocycles. The van der Waals surface area contributed by atoms with Gasteiger partial charge in [-0.2, -0.15) is 0 Å². The predicted octanol–water partition coefficient (Wildman–Crippen LogP) is 3.53. The third-order valence-corrected chi connectivity index (χ3v) is 3.72. The molecule has 2 aromatic rings. The number of carbonyl (C=O) groups is 1. The topological polar surface area (TPSA) is 54.9 Å². The fourth-order valence-electron chi connectivity index (χ4n) is 1.19. The Morgan fingerprint density at radius 3 is 2.67 bits per heavy atom. The third-order valence-electron chi connectivity index (χ3n) is 2.11. The lowest BCUT2D eigenvalue weighted by Gasteiger charge is -2.00. The molecule has 1 N–H and O–H groups in total. The summed E-state index contributed by atoms with van der Waals surface area (Å²) in [5.41, 5.74) is 0.954. The van der Waals surface area contributed by atoms with Crippen molar-refractivity contribution in [2.24, 2.45) is 0 Å². The molecule has 94 valence electrons. The van der Waals surface area contributed by atoms with Gasteiger partial charge in [0.2, 0.25) is 11.0 Å². The Bertz CT molecular complexity index is 556. The number of amides is 1. The zero-order chi connectivity index (χ0) is 13.1. The number of nitrogens with one attached hydrogen (secondary N) is 1. The highest BCUT2D eigenvalue weighted by atomic mass is 79.9. The Hall–Kier alpha value is -0.980. The summed E-state index contributed by atoms with van der Waals surface area (Å²) >= 11 is 10.3. The highest BCUT2D eigenvalue weighted by molar-refractivity contribution is 9.10.